The Hall–Kier alpha value is -2.08. The maximum absolute atomic E-state index is 12.5. The highest BCUT2D eigenvalue weighted by molar-refractivity contribution is 6.02. The predicted molar refractivity (Wildman–Crippen MR) is 95.0 cm³/mol. The van der Waals surface area contributed by atoms with E-state index in [0.29, 0.717) is 11.3 Å². The van der Waals surface area contributed by atoms with Gasteiger partial charge in [-0.3, -0.25) is 9.59 Å². The smallest absolute Gasteiger partial charge is 0.250 e. The topological polar surface area (TPSA) is 101 Å². The molecule has 0 aromatic heterocycles. The van der Waals surface area contributed by atoms with Gasteiger partial charge in [-0.05, 0) is 50.3 Å². The minimum Gasteiger partial charge on any atom is -0.371 e. The fraction of sp³-hybridized carbons (Fsp3) is 0.556. The van der Waals surface area contributed by atoms with Crippen molar-refractivity contribution in [1.82, 2.24) is 0 Å². The summed E-state index contributed by atoms with van der Waals surface area (Å²) in [5.74, 6) is -0.587. The SMILES string of the molecule is NC(=O)c1ccc(NC(=O)C2(N)CCCC2)cc1N1CCCCC1. The van der Waals surface area contributed by atoms with E-state index in [2.05, 4.69) is 10.2 Å². The normalized spacial score (nSPS) is 20.0. The van der Waals surface area contributed by atoms with Gasteiger partial charge in [0.05, 0.1) is 16.8 Å². The molecule has 2 amide bonds. The highest BCUT2D eigenvalue weighted by Gasteiger charge is 2.37. The lowest BCUT2D eigenvalue weighted by Gasteiger charge is -2.30. The molecule has 5 N–H and O–H groups in total. The Morgan fingerprint density at radius 1 is 1.04 bits per heavy atom. The van der Waals surface area contributed by atoms with E-state index < -0.39 is 11.4 Å². The molecule has 1 saturated carbocycles. The van der Waals surface area contributed by atoms with Crippen LogP contribution in [0.2, 0.25) is 0 Å². The van der Waals surface area contributed by atoms with Gasteiger partial charge in [0, 0.05) is 18.8 Å². The first-order valence-corrected chi connectivity index (χ1v) is 8.79. The first-order chi connectivity index (χ1) is 11.5. The zero-order valence-electron chi connectivity index (χ0n) is 14.0. The van der Waals surface area contributed by atoms with Crippen molar-refractivity contribution < 1.29 is 9.59 Å². The molecule has 3 rings (SSSR count). The second-order valence-electron chi connectivity index (χ2n) is 6.96. The summed E-state index contributed by atoms with van der Waals surface area (Å²) in [6.07, 6.45) is 6.82. The Labute approximate surface area is 142 Å². The van der Waals surface area contributed by atoms with Crippen LogP contribution >= 0.6 is 0 Å². The van der Waals surface area contributed by atoms with Crippen molar-refractivity contribution in [3.63, 3.8) is 0 Å². The molecule has 0 unspecified atom stereocenters. The Morgan fingerprint density at radius 2 is 1.71 bits per heavy atom. The van der Waals surface area contributed by atoms with Crippen LogP contribution < -0.4 is 21.7 Å². The van der Waals surface area contributed by atoms with Crippen LogP contribution in [-0.4, -0.2) is 30.4 Å². The van der Waals surface area contributed by atoms with E-state index in [-0.39, 0.29) is 5.91 Å². The lowest BCUT2D eigenvalue weighted by molar-refractivity contribution is -0.121. The number of benzene rings is 1. The van der Waals surface area contributed by atoms with Crippen LogP contribution in [0.3, 0.4) is 0 Å². The van der Waals surface area contributed by atoms with Gasteiger partial charge in [-0.25, -0.2) is 0 Å². The lowest BCUT2D eigenvalue weighted by atomic mass is 9.98. The number of hydrogen-bond acceptors (Lipinski definition) is 4. The quantitative estimate of drug-likeness (QED) is 0.785. The summed E-state index contributed by atoms with van der Waals surface area (Å²) in [7, 11) is 0. The van der Waals surface area contributed by atoms with Gasteiger partial charge in [0.2, 0.25) is 5.91 Å². The van der Waals surface area contributed by atoms with E-state index in [1.54, 1.807) is 12.1 Å². The van der Waals surface area contributed by atoms with Gasteiger partial charge in [-0.1, -0.05) is 12.8 Å². The Balaban J connectivity index is 1.83. The molecule has 0 atom stereocenters. The van der Waals surface area contributed by atoms with Crippen molar-refractivity contribution >= 4 is 23.2 Å². The first-order valence-electron chi connectivity index (χ1n) is 8.79. The van der Waals surface area contributed by atoms with Gasteiger partial charge in [0.15, 0.2) is 0 Å². The van der Waals surface area contributed by atoms with Gasteiger partial charge < -0.3 is 21.7 Å². The van der Waals surface area contributed by atoms with Crippen molar-refractivity contribution in [2.75, 3.05) is 23.3 Å². The molecule has 1 aromatic carbocycles. The second-order valence-corrected chi connectivity index (χ2v) is 6.96. The maximum atomic E-state index is 12.5. The van der Waals surface area contributed by atoms with E-state index >= 15 is 0 Å². The van der Waals surface area contributed by atoms with Gasteiger partial charge in [-0.15, -0.1) is 0 Å². The third-order valence-electron chi connectivity index (χ3n) is 5.17. The monoisotopic (exact) mass is 330 g/mol. The van der Waals surface area contributed by atoms with E-state index in [4.69, 9.17) is 11.5 Å². The van der Waals surface area contributed by atoms with Crippen molar-refractivity contribution in [3.05, 3.63) is 23.8 Å². The number of primary amides is 1. The van der Waals surface area contributed by atoms with E-state index in [1.807, 2.05) is 6.07 Å². The van der Waals surface area contributed by atoms with Crippen LogP contribution in [0.4, 0.5) is 11.4 Å². The standard InChI is InChI=1S/C18H26N4O2/c19-16(23)14-7-6-13(12-15(14)22-10-4-1-5-11-22)21-17(24)18(20)8-2-3-9-18/h6-7,12H,1-5,8-11,20H2,(H2,19,23)(H,21,24). The number of rotatable bonds is 4. The summed E-state index contributed by atoms with van der Waals surface area (Å²) in [5, 5.41) is 2.93. The van der Waals surface area contributed by atoms with Crippen LogP contribution in [0.1, 0.15) is 55.3 Å². The van der Waals surface area contributed by atoms with Crippen molar-refractivity contribution in [3.8, 4) is 0 Å². The average molecular weight is 330 g/mol. The summed E-state index contributed by atoms with van der Waals surface area (Å²) in [6.45, 7) is 1.80. The number of carbonyl (C=O) groups excluding carboxylic acids is 2. The summed E-state index contributed by atoms with van der Waals surface area (Å²) >= 11 is 0. The van der Waals surface area contributed by atoms with Crippen LogP contribution in [0.25, 0.3) is 0 Å². The molecule has 2 aliphatic rings. The number of amides is 2. The molecule has 0 spiro atoms. The Bertz CT molecular complexity index is 632. The average Bonchev–Trinajstić information content (AvgIpc) is 3.03. The van der Waals surface area contributed by atoms with Crippen LogP contribution in [0.15, 0.2) is 18.2 Å². The molecule has 1 heterocycles. The summed E-state index contributed by atoms with van der Waals surface area (Å²) in [5.41, 5.74) is 12.9. The van der Waals surface area contributed by atoms with Gasteiger partial charge >= 0.3 is 0 Å². The number of piperidine rings is 1. The van der Waals surface area contributed by atoms with Crippen LogP contribution in [0, 0.1) is 0 Å². The summed E-state index contributed by atoms with van der Waals surface area (Å²) in [4.78, 5) is 26.4. The minimum atomic E-state index is -0.770. The highest BCUT2D eigenvalue weighted by Crippen LogP contribution is 2.31. The molecule has 24 heavy (non-hydrogen) atoms. The predicted octanol–water partition coefficient (Wildman–Crippen LogP) is 1.99. The molecule has 1 aromatic rings. The molecule has 0 radical (unpaired) electrons. The zero-order chi connectivity index (χ0) is 17.2. The molecule has 2 fully saturated rings. The minimum absolute atomic E-state index is 0.142. The van der Waals surface area contributed by atoms with Gasteiger partial charge in [0.25, 0.3) is 5.91 Å². The summed E-state index contributed by atoms with van der Waals surface area (Å²) in [6, 6.07) is 5.27. The van der Waals surface area contributed by atoms with E-state index in [1.165, 1.54) is 6.42 Å². The third kappa shape index (κ3) is 3.38. The molecule has 130 valence electrons. The molecule has 1 aliphatic heterocycles. The number of carbonyl (C=O) groups is 2. The van der Waals surface area contributed by atoms with Crippen molar-refractivity contribution in [1.29, 1.82) is 0 Å². The number of nitrogens with two attached hydrogens (primary N) is 2. The highest BCUT2D eigenvalue weighted by atomic mass is 16.2. The molecule has 1 saturated heterocycles. The third-order valence-corrected chi connectivity index (χ3v) is 5.17. The largest absolute Gasteiger partial charge is 0.371 e. The van der Waals surface area contributed by atoms with Gasteiger partial charge in [-0.2, -0.15) is 0 Å². The first kappa shape index (κ1) is 16.8. The molecular weight excluding hydrogens is 304 g/mol. The fourth-order valence-corrected chi connectivity index (χ4v) is 3.70. The second kappa shape index (κ2) is 6.81. The number of anilines is 2. The van der Waals surface area contributed by atoms with Crippen LogP contribution in [-0.2, 0) is 4.79 Å². The number of nitrogens with zero attached hydrogens (tertiary/aromatic N) is 1. The molecular formula is C18H26N4O2. The number of hydrogen-bond donors (Lipinski definition) is 3. The Kier molecular flexibility index (Phi) is 4.76. The molecule has 0 bridgehead atoms. The molecule has 1 aliphatic carbocycles. The van der Waals surface area contributed by atoms with Crippen LogP contribution in [0.5, 0.6) is 0 Å². The maximum Gasteiger partial charge on any atom is 0.250 e. The summed E-state index contributed by atoms with van der Waals surface area (Å²) < 4.78 is 0. The zero-order valence-corrected chi connectivity index (χ0v) is 14.0. The van der Waals surface area contributed by atoms with Crippen molar-refractivity contribution in [2.45, 2.75) is 50.5 Å². The molecule has 6 heteroatoms. The van der Waals surface area contributed by atoms with Crippen molar-refractivity contribution in [2.24, 2.45) is 11.5 Å². The Morgan fingerprint density at radius 3 is 2.33 bits per heavy atom. The fourth-order valence-electron chi connectivity index (χ4n) is 3.70. The number of nitrogens with one attached hydrogen (secondary N) is 1. The molecule has 6 nitrogen and oxygen atoms in total. The van der Waals surface area contributed by atoms with E-state index in [9.17, 15) is 9.59 Å². The van der Waals surface area contributed by atoms with E-state index in [0.717, 1.165) is 57.3 Å². The lowest BCUT2D eigenvalue weighted by Crippen LogP contribution is -2.48. The van der Waals surface area contributed by atoms with Gasteiger partial charge in [0.1, 0.15) is 0 Å².